The van der Waals surface area contributed by atoms with Gasteiger partial charge in [0.2, 0.25) is 0 Å². The van der Waals surface area contributed by atoms with E-state index in [1.165, 1.54) is 35.0 Å². The first-order chi connectivity index (χ1) is 32.7. The first-order valence-corrected chi connectivity index (χ1v) is 25.8. The number of fused-ring (bicyclic) bond motifs is 1. The minimum Gasteiger partial charge on any atom is -0.455 e. The number of anilines is 2. The van der Waals surface area contributed by atoms with E-state index in [2.05, 4.69) is 72.9 Å². The van der Waals surface area contributed by atoms with Crippen LogP contribution in [-0.4, -0.2) is 110 Å². The van der Waals surface area contributed by atoms with Crippen molar-refractivity contribution < 1.29 is 22.9 Å². The predicted molar refractivity (Wildman–Crippen MR) is 268 cm³/mol. The highest BCUT2D eigenvalue weighted by molar-refractivity contribution is 7.90. The summed E-state index contributed by atoms with van der Waals surface area (Å²) in [6, 6.07) is 21.7. The lowest BCUT2D eigenvalue weighted by molar-refractivity contribution is -0.384. The van der Waals surface area contributed by atoms with Crippen molar-refractivity contribution in [1.82, 2.24) is 29.8 Å². The average Bonchev–Trinajstić information content (AvgIpc) is 3.80. The molecule has 1 saturated carbocycles. The monoisotopic (exact) mass is 963 g/mol. The van der Waals surface area contributed by atoms with Crippen LogP contribution in [0.2, 0.25) is 5.02 Å². The number of benzene rings is 3. The number of piperazine rings is 2. The summed E-state index contributed by atoms with van der Waals surface area (Å²) in [6.07, 6.45) is 10.7. The number of carbonyl (C=O) groups is 1. The standard InChI is InChI=1S/C51H62ClN9O6S/c1-34-32-60(21-20-53-34)40-10-4-35(5-11-40)30-55-46-15-13-43(28-47(46)61(63)64)68(65,66)57-50(62)44-14-12-41(27-48(44)67-42-26-37-17-19-54-49(37)56-31-42)59-24-22-58(23-25-59)33-38-16-18-51(2,3)29-45(38)36-6-8-39(52)9-7-36/h6-9,12-15,17,19,26-28,31,34-35,40,53,55H,4-5,10-11,16,18,20-25,29-30,32-33H2,1-3H3,(H,54,56)(H,57,62)/t34-,35?,40?/m0/s1. The summed E-state index contributed by atoms with van der Waals surface area (Å²) >= 11 is 6.26. The Kier molecular flexibility index (Phi) is 14.1. The summed E-state index contributed by atoms with van der Waals surface area (Å²) in [7, 11) is -4.57. The highest BCUT2D eigenvalue weighted by atomic mass is 35.5. The van der Waals surface area contributed by atoms with Gasteiger partial charge in [0.15, 0.2) is 0 Å². The zero-order valence-corrected chi connectivity index (χ0v) is 40.7. The Labute approximate surface area is 403 Å². The molecule has 2 aliphatic carbocycles. The Balaban J connectivity index is 0.885. The molecule has 17 heteroatoms. The molecule has 360 valence electrons. The number of nitrogens with one attached hydrogen (secondary N) is 4. The van der Waals surface area contributed by atoms with E-state index >= 15 is 0 Å². The number of aromatic nitrogens is 2. The number of hydrogen-bond acceptors (Lipinski definition) is 12. The zero-order valence-electron chi connectivity index (χ0n) is 39.1. The Bertz CT molecular complexity index is 2780. The molecule has 5 aromatic rings. The normalized spacial score (nSPS) is 21.7. The van der Waals surface area contributed by atoms with E-state index in [1.807, 2.05) is 18.2 Å². The van der Waals surface area contributed by atoms with Crippen LogP contribution >= 0.6 is 11.6 Å². The number of sulfonamides is 1. The predicted octanol–water partition coefficient (Wildman–Crippen LogP) is 9.09. The molecule has 2 saturated heterocycles. The molecular weight excluding hydrogens is 902 g/mol. The van der Waals surface area contributed by atoms with Crippen molar-refractivity contribution in [3.05, 3.63) is 117 Å². The molecule has 2 aliphatic heterocycles. The van der Waals surface area contributed by atoms with Gasteiger partial charge in [-0.25, -0.2) is 18.1 Å². The molecule has 4 aliphatic rings. The smallest absolute Gasteiger partial charge is 0.293 e. The second kappa shape index (κ2) is 20.2. The van der Waals surface area contributed by atoms with E-state index in [1.54, 1.807) is 30.5 Å². The van der Waals surface area contributed by atoms with Crippen LogP contribution in [0.5, 0.6) is 11.5 Å². The second-order valence-electron chi connectivity index (χ2n) is 19.8. The number of H-pyrrole nitrogens is 1. The average molecular weight is 965 g/mol. The molecule has 9 rings (SSSR count). The molecule has 3 fully saturated rings. The number of ether oxygens (including phenoxy) is 1. The molecule has 3 aromatic carbocycles. The van der Waals surface area contributed by atoms with Crippen LogP contribution in [0.1, 0.15) is 81.6 Å². The van der Waals surface area contributed by atoms with Crippen LogP contribution in [-0.2, 0) is 10.0 Å². The zero-order chi connectivity index (χ0) is 47.6. The number of nitro groups is 1. The minimum atomic E-state index is -4.57. The maximum Gasteiger partial charge on any atom is 0.293 e. The van der Waals surface area contributed by atoms with E-state index in [0.29, 0.717) is 35.9 Å². The molecule has 0 radical (unpaired) electrons. The fourth-order valence-electron chi connectivity index (χ4n) is 10.5. The van der Waals surface area contributed by atoms with Crippen LogP contribution < -0.4 is 25.0 Å². The molecule has 4 N–H and O–H groups in total. The van der Waals surface area contributed by atoms with Crippen molar-refractivity contribution >= 4 is 61.2 Å². The maximum absolute atomic E-state index is 14.1. The lowest BCUT2D eigenvalue weighted by Crippen LogP contribution is -2.53. The van der Waals surface area contributed by atoms with E-state index in [9.17, 15) is 23.3 Å². The second-order valence-corrected chi connectivity index (χ2v) is 22.0. The lowest BCUT2D eigenvalue weighted by atomic mass is 9.72. The Morgan fingerprint density at radius 1 is 0.985 bits per heavy atom. The SMILES string of the molecule is C[C@H]1CN(C2CCC(CNc3ccc(S(=O)(=O)NC(=O)c4ccc(N5CCN(CC6=C(c7ccc(Cl)cc7)CC(C)(C)CC6)CC5)cc4Oc4cnc5[nH]ccc5c4)cc3[N+](=O)[O-])CC2)CCN1. The molecule has 2 aromatic heterocycles. The van der Waals surface area contributed by atoms with E-state index in [4.69, 9.17) is 16.3 Å². The van der Waals surface area contributed by atoms with Crippen molar-refractivity contribution in [2.24, 2.45) is 11.3 Å². The number of halogens is 1. The molecule has 0 unspecified atom stereocenters. The Hall–Kier alpha value is -5.52. The first kappa shape index (κ1) is 47.5. The van der Waals surface area contributed by atoms with Gasteiger partial charge in [-0.2, -0.15) is 0 Å². The topological polar surface area (TPSA) is 178 Å². The fraction of sp³-hybridized carbons (Fsp3) is 0.451. The molecule has 0 spiro atoms. The van der Waals surface area contributed by atoms with Gasteiger partial charge in [0, 0.05) is 105 Å². The van der Waals surface area contributed by atoms with Gasteiger partial charge in [0.25, 0.3) is 21.6 Å². The maximum atomic E-state index is 14.1. The number of rotatable bonds is 14. The summed E-state index contributed by atoms with van der Waals surface area (Å²) in [5.74, 6) is -0.103. The molecule has 68 heavy (non-hydrogen) atoms. The highest BCUT2D eigenvalue weighted by Gasteiger charge is 2.32. The number of amides is 1. The molecule has 0 bridgehead atoms. The first-order valence-electron chi connectivity index (χ1n) is 23.9. The molecule has 1 amide bonds. The van der Waals surface area contributed by atoms with Crippen molar-refractivity contribution in [3.63, 3.8) is 0 Å². The van der Waals surface area contributed by atoms with Crippen LogP contribution in [0.4, 0.5) is 17.1 Å². The van der Waals surface area contributed by atoms with E-state index < -0.39 is 25.7 Å². The molecule has 15 nitrogen and oxygen atoms in total. The van der Waals surface area contributed by atoms with E-state index in [-0.39, 0.29) is 28.1 Å². The van der Waals surface area contributed by atoms with E-state index in [0.717, 1.165) is 119 Å². The van der Waals surface area contributed by atoms with Crippen molar-refractivity contribution in [2.75, 3.05) is 69.1 Å². The van der Waals surface area contributed by atoms with Gasteiger partial charge < -0.3 is 25.3 Å². The van der Waals surface area contributed by atoms with Crippen LogP contribution in [0, 0.1) is 21.4 Å². The third kappa shape index (κ3) is 11.2. The summed E-state index contributed by atoms with van der Waals surface area (Å²) in [5, 5.41) is 20.6. The summed E-state index contributed by atoms with van der Waals surface area (Å²) in [5.41, 5.74) is 5.65. The van der Waals surface area contributed by atoms with Gasteiger partial charge in [0.05, 0.1) is 21.6 Å². The molecule has 4 heterocycles. The fourth-order valence-corrected chi connectivity index (χ4v) is 11.6. The lowest BCUT2D eigenvalue weighted by Gasteiger charge is -2.41. The summed E-state index contributed by atoms with van der Waals surface area (Å²) < 4.78 is 36.2. The van der Waals surface area contributed by atoms with Crippen molar-refractivity contribution in [2.45, 2.75) is 82.7 Å². The summed E-state index contributed by atoms with van der Waals surface area (Å²) in [4.78, 5) is 40.2. The number of nitro benzene ring substituents is 1. The summed E-state index contributed by atoms with van der Waals surface area (Å²) in [6.45, 7) is 14.5. The van der Waals surface area contributed by atoms with Gasteiger partial charge in [-0.05, 0) is 123 Å². The highest BCUT2D eigenvalue weighted by Crippen LogP contribution is 2.44. The van der Waals surface area contributed by atoms with Gasteiger partial charge in [-0.3, -0.25) is 24.7 Å². The van der Waals surface area contributed by atoms with Crippen LogP contribution in [0.25, 0.3) is 16.6 Å². The van der Waals surface area contributed by atoms with Crippen LogP contribution in [0.3, 0.4) is 0 Å². The minimum absolute atomic E-state index is 0.0269. The Morgan fingerprint density at radius 3 is 2.51 bits per heavy atom. The quantitative estimate of drug-likeness (QED) is 0.0614. The number of allylic oxidation sites excluding steroid dienone is 1. The van der Waals surface area contributed by atoms with Gasteiger partial charge in [-0.1, -0.05) is 43.2 Å². The van der Waals surface area contributed by atoms with Gasteiger partial charge >= 0.3 is 0 Å². The molecular formula is C51H62ClN9O6S. The van der Waals surface area contributed by atoms with Crippen LogP contribution in [0.15, 0.2) is 95.7 Å². The number of carbonyl (C=O) groups excluding carboxylic acids is 1. The number of pyridine rings is 1. The largest absolute Gasteiger partial charge is 0.455 e. The Morgan fingerprint density at radius 2 is 1.76 bits per heavy atom. The third-order valence-electron chi connectivity index (χ3n) is 14.4. The van der Waals surface area contributed by atoms with Crippen molar-refractivity contribution in [3.8, 4) is 11.5 Å². The number of hydrogen-bond donors (Lipinski definition) is 4. The molecule has 1 atom stereocenters. The van der Waals surface area contributed by atoms with Gasteiger partial charge in [-0.15, -0.1) is 0 Å². The number of aromatic amines is 1. The number of nitrogens with zero attached hydrogens (tertiary/aromatic N) is 5. The van der Waals surface area contributed by atoms with Gasteiger partial charge in [0.1, 0.15) is 22.8 Å². The third-order valence-corrected chi connectivity index (χ3v) is 15.9. The van der Waals surface area contributed by atoms with Crippen molar-refractivity contribution in [1.29, 1.82) is 0 Å².